The summed E-state index contributed by atoms with van der Waals surface area (Å²) < 4.78 is 219. The van der Waals surface area contributed by atoms with Crippen molar-refractivity contribution in [3.63, 3.8) is 0 Å². The van der Waals surface area contributed by atoms with E-state index >= 15 is 26.3 Å². The second-order valence-electron chi connectivity index (χ2n) is 9.00. The number of benzene rings is 3. The second kappa shape index (κ2) is 14.0. The molecule has 0 atom stereocenters. The van der Waals surface area contributed by atoms with E-state index in [1.807, 2.05) is 32.1 Å². The summed E-state index contributed by atoms with van der Waals surface area (Å²) in [5, 5.41) is 0. The van der Waals surface area contributed by atoms with Crippen LogP contribution in [-0.2, 0) is 21.7 Å². The van der Waals surface area contributed by atoms with Gasteiger partial charge in [-0.25, -0.2) is 65.9 Å². The van der Waals surface area contributed by atoms with Crippen molar-refractivity contribution in [3.8, 4) is 0 Å². The summed E-state index contributed by atoms with van der Waals surface area (Å²) in [6.45, 7) is 0. The monoisotopic (exact) mass is 689 g/mol. The van der Waals surface area contributed by atoms with Crippen LogP contribution in [0, 0.1) is 151 Å². The molecule has 17 heteroatoms. The van der Waals surface area contributed by atoms with Crippen molar-refractivity contribution >= 4 is 22.5 Å². The Morgan fingerprint density at radius 1 is 0.267 bits per heavy atom. The summed E-state index contributed by atoms with van der Waals surface area (Å²) in [5.41, 5.74) is -7.99. The molecule has 0 aliphatic heterocycles. The minimum Gasteiger partial charge on any atom is -0.207 e. The molecule has 0 aromatic heterocycles. The molecule has 11 radical (unpaired) electrons. The van der Waals surface area contributed by atoms with Crippen LogP contribution in [0.2, 0.25) is 0 Å². The van der Waals surface area contributed by atoms with Crippen LogP contribution >= 0.6 is 0 Å². The zero-order valence-corrected chi connectivity index (χ0v) is 23.0. The summed E-state index contributed by atoms with van der Waals surface area (Å²) in [6.07, 6.45) is 6.58. The molecule has 45 heavy (non-hydrogen) atoms. The molecule has 231 valence electrons. The normalized spacial score (nSPS) is 15.3. The smallest absolute Gasteiger partial charge is 0.207 e. The average Bonchev–Trinajstić information content (AvgIpc) is 3.77. The van der Waals surface area contributed by atoms with Gasteiger partial charge >= 0.3 is 21.7 Å². The molecule has 0 saturated heterocycles. The fraction of sp³-hybridized carbons (Fsp3) is 0. The van der Waals surface area contributed by atoms with Gasteiger partial charge in [0.25, 0.3) is 0 Å². The third-order valence-electron chi connectivity index (χ3n) is 6.77. The summed E-state index contributed by atoms with van der Waals surface area (Å²) in [4.78, 5) is 0. The summed E-state index contributed by atoms with van der Waals surface area (Å²) in [7, 11) is 0. The van der Waals surface area contributed by atoms with E-state index in [9.17, 15) is 39.5 Å². The largest absolute Gasteiger partial charge is 3.00 e. The quantitative estimate of drug-likeness (QED) is 0.133. The van der Waals surface area contributed by atoms with Crippen LogP contribution in [0.25, 0.3) is 0 Å². The molecule has 3 aromatic carbocycles. The first kappa shape index (κ1) is 36.9. The topological polar surface area (TPSA) is 0 Å². The van der Waals surface area contributed by atoms with Crippen LogP contribution in [-0.4, -0.2) is 6.15 Å². The van der Waals surface area contributed by atoms with E-state index in [2.05, 4.69) is 0 Å². The van der Waals surface area contributed by atoms with Crippen molar-refractivity contribution in [2.24, 2.45) is 0 Å². The molecule has 0 spiro atoms. The molecule has 0 heterocycles. The van der Waals surface area contributed by atoms with Crippen LogP contribution in [0.1, 0.15) is 0 Å². The zero-order valence-electron chi connectivity index (χ0n) is 21.4. The van der Waals surface area contributed by atoms with Crippen LogP contribution in [0.15, 0.2) is 0 Å². The predicted octanol–water partition coefficient (Wildman–Crippen LogP) is 6.21. The summed E-state index contributed by atoms with van der Waals surface area (Å²) in [5.74, 6) is -46.7. The molecule has 0 bridgehead atoms. The van der Waals surface area contributed by atoms with Gasteiger partial charge in [-0.2, -0.15) is 5.82 Å². The van der Waals surface area contributed by atoms with Gasteiger partial charge in [-0.1, -0.05) is 12.8 Å². The molecule has 5 rings (SSSR count). The van der Waals surface area contributed by atoms with Crippen LogP contribution < -0.4 is 16.4 Å². The Balaban J connectivity index is 0.000000837. The average molecular weight is 689 g/mol. The van der Waals surface area contributed by atoms with E-state index in [-0.39, 0.29) is 21.7 Å². The van der Waals surface area contributed by atoms with Gasteiger partial charge < -0.3 is 0 Å². The minimum absolute atomic E-state index is 0. The Labute approximate surface area is 260 Å². The summed E-state index contributed by atoms with van der Waals surface area (Å²) in [6, 6.07) is 0. The van der Waals surface area contributed by atoms with Gasteiger partial charge in [0, 0.05) is 0 Å². The molecule has 0 N–H and O–H groups in total. The van der Waals surface area contributed by atoms with Gasteiger partial charge in [-0.15, -0.1) is 16.4 Å². The fourth-order valence-corrected chi connectivity index (χ4v) is 4.94. The van der Waals surface area contributed by atoms with Gasteiger partial charge in [-0.3, -0.25) is 0 Å². The van der Waals surface area contributed by atoms with E-state index in [0.29, 0.717) is 12.8 Å². The molecular formula is C28H9BF15Ti+2. The third-order valence-corrected chi connectivity index (χ3v) is 6.77. The zero-order chi connectivity index (χ0) is 32.8. The maximum Gasteiger partial charge on any atom is 3.00 e. The molecule has 0 nitrogen and oxygen atoms in total. The van der Waals surface area contributed by atoms with Crippen molar-refractivity contribution < 1.29 is 87.6 Å². The van der Waals surface area contributed by atoms with Crippen LogP contribution in [0.5, 0.6) is 0 Å². The fourth-order valence-electron chi connectivity index (χ4n) is 4.94. The number of hydrogen-bond donors (Lipinski definition) is 0. The number of hydrogen-bond acceptors (Lipinski definition) is 0. The van der Waals surface area contributed by atoms with Crippen molar-refractivity contribution in [2.45, 2.75) is 0 Å². The van der Waals surface area contributed by atoms with E-state index < -0.39 is 116 Å². The van der Waals surface area contributed by atoms with Gasteiger partial charge in [0.2, 0.25) is 0 Å². The van der Waals surface area contributed by atoms with Crippen LogP contribution in [0.3, 0.4) is 0 Å². The van der Waals surface area contributed by atoms with E-state index in [4.69, 9.17) is 0 Å². The van der Waals surface area contributed by atoms with E-state index in [0.717, 1.165) is 12.8 Å². The van der Waals surface area contributed by atoms with Crippen LogP contribution in [0.4, 0.5) is 65.9 Å². The molecule has 2 fully saturated rings. The van der Waals surface area contributed by atoms with Crippen molar-refractivity contribution in [3.05, 3.63) is 151 Å². The maximum atomic E-state index is 15.2. The first-order valence-corrected chi connectivity index (χ1v) is 11.7. The Morgan fingerprint density at radius 2 is 0.444 bits per heavy atom. The second-order valence-corrected chi connectivity index (χ2v) is 9.00. The van der Waals surface area contributed by atoms with Gasteiger partial charge in [0.15, 0.2) is 52.4 Å². The first-order valence-electron chi connectivity index (χ1n) is 11.7. The Bertz CT molecular complexity index is 1350. The van der Waals surface area contributed by atoms with Crippen molar-refractivity contribution in [2.75, 3.05) is 0 Å². The molecule has 3 aromatic rings. The summed E-state index contributed by atoms with van der Waals surface area (Å²) >= 11 is 0. The van der Waals surface area contributed by atoms with E-state index in [1.54, 1.807) is 0 Å². The third kappa shape index (κ3) is 5.78. The first-order chi connectivity index (χ1) is 20.6. The molecular weight excluding hydrogens is 680 g/mol. The standard InChI is InChI=1S/C23H4BF15.C5H5.Ti/c25-9-6(10(26)16(32)21(37)15(9)31)24(5-3-1-2-4-5,7-11(27)17(33)22(38)18(34)12(7)28)8-13(29)19(35)23(39)20(36)14(8)30;1-2-4-5-3-1;/h1-4H;1-5H;/q-1;;+3. The van der Waals surface area contributed by atoms with Gasteiger partial charge in [0.1, 0.15) is 41.0 Å². The molecule has 2 aliphatic rings. The number of rotatable bonds is 4. The predicted molar refractivity (Wildman–Crippen MR) is 125 cm³/mol. The Hall–Kier alpha value is -2.61. The van der Waals surface area contributed by atoms with Crippen molar-refractivity contribution in [1.29, 1.82) is 0 Å². The molecule has 0 amide bonds. The molecule has 0 unspecified atom stereocenters. The van der Waals surface area contributed by atoms with Gasteiger partial charge in [-0.05, 0) is 44.9 Å². The van der Waals surface area contributed by atoms with E-state index in [1.165, 1.54) is 0 Å². The minimum atomic E-state index is -5.68. The Kier molecular flexibility index (Phi) is 11.5. The molecule has 2 saturated carbocycles. The van der Waals surface area contributed by atoms with Gasteiger partial charge in [0.05, 0.1) is 0 Å². The van der Waals surface area contributed by atoms with Crippen molar-refractivity contribution in [1.82, 2.24) is 0 Å². The molecule has 2 aliphatic carbocycles. The SMILES string of the molecule is Fc1c(F)c(F)c([B-]([C]2[CH][CH][CH][CH]2)(c2c(F)c(F)c(F)c(F)c2F)c2c(F)c(F)c(F)c(F)c2F)c(F)c1F.[CH]1[CH][CH][CH][CH]1.[Ti+3]. The number of halogens is 15. The Morgan fingerprint density at radius 3 is 0.644 bits per heavy atom. The maximum absolute atomic E-state index is 15.2.